The molecular formula is C10H15F3N2O2S. The van der Waals surface area contributed by atoms with Crippen LogP contribution in [0.3, 0.4) is 0 Å². The van der Waals surface area contributed by atoms with Gasteiger partial charge in [-0.1, -0.05) is 6.08 Å². The molecule has 0 spiro atoms. The molecule has 0 aromatic rings. The third-order valence-corrected chi connectivity index (χ3v) is 3.00. The van der Waals surface area contributed by atoms with Crippen LogP contribution in [-0.2, 0) is 4.74 Å². The van der Waals surface area contributed by atoms with Gasteiger partial charge in [0, 0.05) is 7.05 Å². The fraction of sp³-hybridized carbons (Fsp3) is 0.700. The molecule has 1 saturated heterocycles. The number of aliphatic hydroxyl groups excluding tert-OH is 1. The van der Waals surface area contributed by atoms with E-state index in [1.165, 1.54) is 13.1 Å². The van der Waals surface area contributed by atoms with Crippen LogP contribution in [0.5, 0.6) is 0 Å². The topological polar surface area (TPSA) is 53.5 Å². The van der Waals surface area contributed by atoms with Crippen LogP contribution in [0, 0.1) is 0 Å². The van der Waals surface area contributed by atoms with Crippen molar-refractivity contribution < 1.29 is 23.0 Å². The minimum atomic E-state index is -2.97. The van der Waals surface area contributed by atoms with Crippen LogP contribution in [-0.4, -0.2) is 54.2 Å². The first kappa shape index (κ1) is 15.2. The Kier molecular flexibility index (Phi) is 5.36. The standard InChI is InChI=1S/C10H15F3N2O2S/c1-3-4-6(15-10(18)14-2)5(11)7(16)8(17-4)9(12)13/h3-9,16H,1H2,2H3,(H2,14,15,18). The summed E-state index contributed by atoms with van der Waals surface area (Å²) in [6, 6.07) is -1.06. The average Bonchev–Trinajstić information content (AvgIpc) is 2.34. The van der Waals surface area contributed by atoms with Crippen molar-refractivity contribution in [3.8, 4) is 0 Å². The molecule has 4 nitrogen and oxygen atoms in total. The summed E-state index contributed by atoms with van der Waals surface area (Å²) >= 11 is 4.80. The summed E-state index contributed by atoms with van der Waals surface area (Å²) in [5, 5.41) is 14.7. The molecule has 0 saturated carbocycles. The van der Waals surface area contributed by atoms with Gasteiger partial charge in [-0.25, -0.2) is 13.2 Å². The van der Waals surface area contributed by atoms with Crippen molar-refractivity contribution in [1.82, 2.24) is 10.6 Å². The SMILES string of the molecule is C=CC1OC(C(F)F)C(O)C(F)C1NC(=S)NC. The van der Waals surface area contributed by atoms with Gasteiger partial charge < -0.3 is 20.5 Å². The van der Waals surface area contributed by atoms with E-state index < -0.39 is 37.0 Å². The van der Waals surface area contributed by atoms with Crippen LogP contribution >= 0.6 is 12.2 Å². The lowest BCUT2D eigenvalue weighted by atomic mass is 9.94. The van der Waals surface area contributed by atoms with Crippen LogP contribution in [0.4, 0.5) is 13.2 Å². The maximum absolute atomic E-state index is 13.9. The van der Waals surface area contributed by atoms with Gasteiger partial charge in [-0.05, 0) is 12.2 Å². The molecule has 5 atom stereocenters. The predicted molar refractivity (Wildman–Crippen MR) is 64.3 cm³/mol. The maximum atomic E-state index is 13.9. The summed E-state index contributed by atoms with van der Waals surface area (Å²) in [5.74, 6) is 0. The van der Waals surface area contributed by atoms with Crippen LogP contribution in [0.2, 0.25) is 0 Å². The lowest BCUT2D eigenvalue weighted by molar-refractivity contribution is -0.191. The van der Waals surface area contributed by atoms with Crippen LogP contribution in [0.25, 0.3) is 0 Å². The number of halogens is 3. The van der Waals surface area contributed by atoms with Crippen molar-refractivity contribution in [2.45, 2.75) is 37.0 Å². The predicted octanol–water partition coefficient (Wildman–Crippen LogP) is 0.366. The van der Waals surface area contributed by atoms with Crippen LogP contribution < -0.4 is 10.6 Å². The van der Waals surface area contributed by atoms with Crippen LogP contribution in [0.1, 0.15) is 0 Å². The minimum Gasteiger partial charge on any atom is -0.387 e. The normalized spacial score (nSPS) is 36.2. The fourth-order valence-corrected chi connectivity index (χ4v) is 1.85. The second kappa shape index (κ2) is 6.35. The highest BCUT2D eigenvalue weighted by Crippen LogP contribution is 2.27. The highest BCUT2D eigenvalue weighted by Gasteiger charge is 2.48. The zero-order valence-corrected chi connectivity index (χ0v) is 10.5. The van der Waals surface area contributed by atoms with Gasteiger partial charge in [0.25, 0.3) is 6.43 Å². The highest BCUT2D eigenvalue weighted by molar-refractivity contribution is 7.80. The molecule has 18 heavy (non-hydrogen) atoms. The van der Waals surface area contributed by atoms with Gasteiger partial charge in [0.1, 0.15) is 12.2 Å². The molecule has 0 aliphatic carbocycles. The molecule has 1 aliphatic rings. The van der Waals surface area contributed by atoms with Gasteiger partial charge in [0.2, 0.25) is 0 Å². The molecule has 1 rings (SSSR count). The first-order valence-electron chi connectivity index (χ1n) is 5.29. The number of aliphatic hydroxyl groups is 1. The fourth-order valence-electron chi connectivity index (χ4n) is 1.72. The second-order valence-electron chi connectivity index (χ2n) is 3.82. The Balaban J connectivity index is 2.84. The Bertz CT molecular complexity index is 319. The monoisotopic (exact) mass is 284 g/mol. The maximum Gasteiger partial charge on any atom is 0.267 e. The summed E-state index contributed by atoms with van der Waals surface area (Å²) < 4.78 is 44.0. The molecule has 0 aromatic heterocycles. The number of nitrogens with one attached hydrogen (secondary N) is 2. The molecular weight excluding hydrogens is 269 g/mol. The molecule has 3 N–H and O–H groups in total. The second-order valence-corrected chi connectivity index (χ2v) is 4.23. The Labute approximate surface area is 108 Å². The van der Waals surface area contributed by atoms with Gasteiger partial charge in [-0.3, -0.25) is 0 Å². The van der Waals surface area contributed by atoms with E-state index in [2.05, 4.69) is 17.2 Å². The zero-order valence-electron chi connectivity index (χ0n) is 9.65. The number of hydrogen-bond donors (Lipinski definition) is 3. The Morgan fingerprint density at radius 3 is 2.61 bits per heavy atom. The summed E-state index contributed by atoms with van der Waals surface area (Å²) in [5.41, 5.74) is 0. The van der Waals surface area contributed by atoms with Crippen LogP contribution in [0.15, 0.2) is 12.7 Å². The molecule has 5 unspecified atom stereocenters. The molecule has 104 valence electrons. The lowest BCUT2D eigenvalue weighted by Gasteiger charge is -2.41. The highest BCUT2D eigenvalue weighted by atomic mass is 32.1. The first-order chi connectivity index (χ1) is 8.42. The first-order valence-corrected chi connectivity index (χ1v) is 5.69. The van der Waals surface area contributed by atoms with Gasteiger partial charge >= 0.3 is 0 Å². The average molecular weight is 284 g/mol. The Hall–Kier alpha value is -0.860. The summed E-state index contributed by atoms with van der Waals surface area (Å²) in [6.07, 6.45) is -8.51. The third-order valence-electron chi connectivity index (χ3n) is 2.68. The number of thiocarbonyl (C=S) groups is 1. The molecule has 1 heterocycles. The molecule has 8 heteroatoms. The van der Waals surface area contributed by atoms with E-state index in [1.54, 1.807) is 0 Å². The van der Waals surface area contributed by atoms with Gasteiger partial charge in [0.05, 0.1) is 12.1 Å². The van der Waals surface area contributed by atoms with E-state index >= 15 is 0 Å². The van der Waals surface area contributed by atoms with Crippen molar-refractivity contribution in [3.63, 3.8) is 0 Å². The largest absolute Gasteiger partial charge is 0.387 e. The minimum absolute atomic E-state index is 0.126. The van der Waals surface area contributed by atoms with E-state index in [0.29, 0.717) is 0 Å². The zero-order chi connectivity index (χ0) is 13.9. The lowest BCUT2D eigenvalue weighted by Crippen LogP contribution is -2.63. The van der Waals surface area contributed by atoms with Crippen molar-refractivity contribution in [2.24, 2.45) is 0 Å². The van der Waals surface area contributed by atoms with Gasteiger partial charge in [0.15, 0.2) is 11.3 Å². The van der Waals surface area contributed by atoms with E-state index in [9.17, 15) is 18.3 Å². The Morgan fingerprint density at radius 2 is 2.17 bits per heavy atom. The van der Waals surface area contributed by atoms with E-state index in [-0.39, 0.29) is 5.11 Å². The smallest absolute Gasteiger partial charge is 0.267 e. The molecule has 0 bridgehead atoms. The van der Waals surface area contributed by atoms with E-state index in [1.807, 2.05) is 0 Å². The van der Waals surface area contributed by atoms with E-state index in [4.69, 9.17) is 17.0 Å². The molecule has 0 aromatic carbocycles. The molecule has 1 aliphatic heterocycles. The van der Waals surface area contributed by atoms with Crippen molar-refractivity contribution in [1.29, 1.82) is 0 Å². The molecule has 0 radical (unpaired) electrons. The molecule has 0 amide bonds. The number of alkyl halides is 3. The van der Waals surface area contributed by atoms with Gasteiger partial charge in [-0.2, -0.15) is 0 Å². The summed E-state index contributed by atoms with van der Waals surface area (Å²) in [4.78, 5) is 0. The summed E-state index contributed by atoms with van der Waals surface area (Å²) in [6.45, 7) is 3.40. The van der Waals surface area contributed by atoms with E-state index in [0.717, 1.165) is 0 Å². The number of ether oxygens (including phenoxy) is 1. The molecule has 1 fully saturated rings. The number of hydrogen-bond acceptors (Lipinski definition) is 3. The van der Waals surface area contributed by atoms with Crippen molar-refractivity contribution in [3.05, 3.63) is 12.7 Å². The number of rotatable bonds is 3. The quantitative estimate of drug-likeness (QED) is 0.516. The van der Waals surface area contributed by atoms with Crippen molar-refractivity contribution in [2.75, 3.05) is 7.05 Å². The van der Waals surface area contributed by atoms with Crippen molar-refractivity contribution >= 4 is 17.3 Å². The summed E-state index contributed by atoms with van der Waals surface area (Å²) in [7, 11) is 1.52. The Morgan fingerprint density at radius 1 is 1.56 bits per heavy atom. The third kappa shape index (κ3) is 3.12. The van der Waals surface area contributed by atoms with Gasteiger partial charge in [-0.15, -0.1) is 6.58 Å².